The van der Waals surface area contributed by atoms with E-state index in [1.54, 1.807) is 16.8 Å². The number of rotatable bonds is 6. The lowest BCUT2D eigenvalue weighted by atomic mass is 10.1. The Balaban J connectivity index is 1.36. The fourth-order valence-electron chi connectivity index (χ4n) is 3.77. The van der Waals surface area contributed by atoms with Gasteiger partial charge in [0.05, 0.1) is 11.9 Å². The number of nitrogens with one attached hydrogen (secondary N) is 2. The summed E-state index contributed by atoms with van der Waals surface area (Å²) in [6.45, 7) is 1.14. The van der Waals surface area contributed by atoms with Crippen LogP contribution >= 0.6 is 23.2 Å². The van der Waals surface area contributed by atoms with E-state index in [1.165, 1.54) is 0 Å². The monoisotopic (exact) mass is 481 g/mol. The Hall–Kier alpha value is -3.13. The lowest BCUT2D eigenvalue weighted by molar-refractivity contribution is -0.124. The van der Waals surface area contributed by atoms with Crippen LogP contribution in [0.25, 0.3) is 16.9 Å². The number of carbonyl (C=O) groups excluding carboxylic acids is 1. The van der Waals surface area contributed by atoms with Gasteiger partial charge in [-0.2, -0.15) is 9.61 Å². The van der Waals surface area contributed by atoms with Gasteiger partial charge in [-0.15, -0.1) is 0 Å². The molecule has 0 spiro atoms. The first-order chi connectivity index (χ1) is 16.1. The molecule has 1 fully saturated rings. The van der Waals surface area contributed by atoms with Crippen molar-refractivity contribution in [2.45, 2.75) is 25.5 Å². The molecule has 0 saturated carbocycles. The minimum absolute atomic E-state index is 0.105. The van der Waals surface area contributed by atoms with Crippen LogP contribution in [-0.2, 0) is 16.1 Å². The van der Waals surface area contributed by atoms with Crippen LogP contribution in [0.3, 0.4) is 0 Å². The molecule has 168 valence electrons. The van der Waals surface area contributed by atoms with Crippen molar-refractivity contribution in [3.05, 3.63) is 76.4 Å². The van der Waals surface area contributed by atoms with Crippen LogP contribution in [0.5, 0.6) is 0 Å². The van der Waals surface area contributed by atoms with Crippen molar-refractivity contribution >= 4 is 46.3 Å². The van der Waals surface area contributed by atoms with Crippen molar-refractivity contribution in [1.29, 1.82) is 0 Å². The minimum Gasteiger partial charge on any atom is -0.368 e. The van der Waals surface area contributed by atoms with E-state index in [1.807, 2.05) is 48.5 Å². The van der Waals surface area contributed by atoms with Gasteiger partial charge in [-0.3, -0.25) is 4.79 Å². The predicted octanol–water partition coefficient (Wildman–Crippen LogP) is 5.43. The molecule has 1 aliphatic rings. The molecule has 4 aromatic rings. The van der Waals surface area contributed by atoms with Crippen LogP contribution < -0.4 is 10.6 Å². The van der Waals surface area contributed by atoms with Crippen molar-refractivity contribution in [1.82, 2.24) is 14.6 Å². The molecule has 33 heavy (non-hydrogen) atoms. The van der Waals surface area contributed by atoms with Gasteiger partial charge in [0, 0.05) is 46.6 Å². The molecular formula is C24H21Cl2N5O2. The molecule has 2 aromatic heterocycles. The summed E-state index contributed by atoms with van der Waals surface area (Å²) in [7, 11) is 0. The van der Waals surface area contributed by atoms with E-state index in [0.717, 1.165) is 41.2 Å². The van der Waals surface area contributed by atoms with Crippen molar-refractivity contribution < 1.29 is 9.53 Å². The second kappa shape index (κ2) is 9.39. The zero-order valence-electron chi connectivity index (χ0n) is 17.6. The first-order valence-corrected chi connectivity index (χ1v) is 11.4. The van der Waals surface area contributed by atoms with Gasteiger partial charge in [0.2, 0.25) is 0 Å². The average Bonchev–Trinajstić information content (AvgIpc) is 3.51. The van der Waals surface area contributed by atoms with E-state index < -0.39 is 0 Å². The smallest absolute Gasteiger partial charge is 0.253 e. The summed E-state index contributed by atoms with van der Waals surface area (Å²) in [5.74, 6) is 0.674. The third-order valence-corrected chi connectivity index (χ3v) is 6.09. The molecule has 3 heterocycles. The van der Waals surface area contributed by atoms with E-state index >= 15 is 0 Å². The molecule has 1 amide bonds. The summed E-state index contributed by atoms with van der Waals surface area (Å²) < 4.78 is 7.18. The van der Waals surface area contributed by atoms with Gasteiger partial charge in [-0.25, -0.2) is 4.98 Å². The molecule has 1 saturated heterocycles. The molecule has 5 rings (SSSR count). The molecule has 1 atom stereocenters. The number of aromatic nitrogens is 3. The average molecular weight is 482 g/mol. The minimum atomic E-state index is -0.363. The molecule has 9 heteroatoms. The standard InChI is InChI=1S/C24H21Cl2N5O2/c25-17-6-3-16(19(26)12-17)14-27-23-13-20(30-22-9-10-28-31(22)23)15-4-7-18(8-5-15)29-24(32)21-2-1-11-33-21/h3-10,12-13,21,27H,1-2,11,14H2,(H,29,32)/t21-/m1/s1. The van der Waals surface area contributed by atoms with Crippen molar-refractivity contribution in [3.63, 3.8) is 0 Å². The number of halogens is 2. The summed E-state index contributed by atoms with van der Waals surface area (Å²) in [4.78, 5) is 17.0. The predicted molar refractivity (Wildman–Crippen MR) is 130 cm³/mol. The van der Waals surface area contributed by atoms with Gasteiger partial charge in [0.25, 0.3) is 5.91 Å². The van der Waals surface area contributed by atoms with E-state index in [4.69, 9.17) is 32.9 Å². The Morgan fingerprint density at radius 3 is 2.73 bits per heavy atom. The van der Waals surface area contributed by atoms with Gasteiger partial charge in [0.1, 0.15) is 11.9 Å². The normalized spacial score (nSPS) is 15.6. The summed E-state index contributed by atoms with van der Waals surface area (Å²) in [5.41, 5.74) is 4.06. The number of anilines is 2. The van der Waals surface area contributed by atoms with Crippen LogP contribution in [0.2, 0.25) is 10.0 Å². The fraction of sp³-hybridized carbons (Fsp3) is 0.208. The Labute approximate surface area is 200 Å². The van der Waals surface area contributed by atoms with Gasteiger partial charge >= 0.3 is 0 Å². The van der Waals surface area contributed by atoms with Crippen molar-refractivity contribution in [2.75, 3.05) is 17.2 Å². The number of fused-ring (bicyclic) bond motifs is 1. The molecule has 7 nitrogen and oxygen atoms in total. The van der Waals surface area contributed by atoms with Crippen molar-refractivity contribution in [2.24, 2.45) is 0 Å². The zero-order chi connectivity index (χ0) is 22.8. The number of carbonyl (C=O) groups is 1. The largest absolute Gasteiger partial charge is 0.368 e. The van der Waals surface area contributed by atoms with Crippen molar-refractivity contribution in [3.8, 4) is 11.3 Å². The van der Waals surface area contributed by atoms with Crippen LogP contribution in [-0.4, -0.2) is 33.2 Å². The first-order valence-electron chi connectivity index (χ1n) is 10.6. The van der Waals surface area contributed by atoms with E-state index in [2.05, 4.69) is 15.7 Å². The summed E-state index contributed by atoms with van der Waals surface area (Å²) in [6, 6.07) is 16.8. The van der Waals surface area contributed by atoms with Gasteiger partial charge in [-0.05, 0) is 42.7 Å². The third-order valence-electron chi connectivity index (χ3n) is 5.50. The van der Waals surface area contributed by atoms with Gasteiger partial charge in [-0.1, -0.05) is 41.4 Å². The third kappa shape index (κ3) is 4.80. The fourth-order valence-corrected chi connectivity index (χ4v) is 4.24. The second-order valence-electron chi connectivity index (χ2n) is 7.79. The highest BCUT2D eigenvalue weighted by Crippen LogP contribution is 2.26. The summed E-state index contributed by atoms with van der Waals surface area (Å²) >= 11 is 12.3. The highest BCUT2D eigenvalue weighted by molar-refractivity contribution is 6.35. The summed E-state index contributed by atoms with van der Waals surface area (Å²) in [6.07, 6.45) is 3.02. The maximum absolute atomic E-state index is 12.3. The Morgan fingerprint density at radius 1 is 1.12 bits per heavy atom. The van der Waals surface area contributed by atoms with Crippen LogP contribution in [0.1, 0.15) is 18.4 Å². The quantitative estimate of drug-likeness (QED) is 0.383. The van der Waals surface area contributed by atoms with Crippen LogP contribution in [0.4, 0.5) is 11.5 Å². The molecule has 0 bridgehead atoms. The van der Waals surface area contributed by atoms with E-state index in [-0.39, 0.29) is 12.0 Å². The number of nitrogens with zero attached hydrogens (tertiary/aromatic N) is 3. The lowest BCUT2D eigenvalue weighted by Gasteiger charge is -2.13. The lowest BCUT2D eigenvalue weighted by Crippen LogP contribution is -2.26. The molecule has 2 N–H and O–H groups in total. The Kier molecular flexibility index (Phi) is 6.17. The molecule has 0 aliphatic carbocycles. The number of benzene rings is 2. The van der Waals surface area contributed by atoms with Gasteiger partial charge < -0.3 is 15.4 Å². The number of ether oxygens (including phenoxy) is 1. The maximum atomic E-state index is 12.3. The van der Waals surface area contributed by atoms with E-state index in [9.17, 15) is 4.79 Å². The molecule has 0 unspecified atom stereocenters. The van der Waals surface area contributed by atoms with Crippen LogP contribution in [0.15, 0.2) is 60.8 Å². The molecule has 1 aliphatic heterocycles. The highest BCUT2D eigenvalue weighted by Gasteiger charge is 2.23. The summed E-state index contributed by atoms with van der Waals surface area (Å²) in [5, 5.41) is 11.9. The van der Waals surface area contributed by atoms with Gasteiger partial charge in [0.15, 0.2) is 5.65 Å². The SMILES string of the molecule is O=C(Nc1ccc(-c2cc(NCc3ccc(Cl)cc3Cl)n3nccc3n2)cc1)[C@H]1CCCO1. The van der Waals surface area contributed by atoms with Crippen LogP contribution in [0, 0.1) is 0 Å². The zero-order valence-corrected chi connectivity index (χ0v) is 19.1. The highest BCUT2D eigenvalue weighted by atomic mass is 35.5. The number of amides is 1. The number of hydrogen-bond acceptors (Lipinski definition) is 5. The first kappa shape index (κ1) is 21.7. The molecule has 0 radical (unpaired) electrons. The molecule has 2 aromatic carbocycles. The Bertz CT molecular complexity index is 1300. The Morgan fingerprint density at radius 2 is 1.97 bits per heavy atom. The molecular weight excluding hydrogens is 461 g/mol. The topological polar surface area (TPSA) is 80.6 Å². The maximum Gasteiger partial charge on any atom is 0.253 e. The second-order valence-corrected chi connectivity index (χ2v) is 8.63. The number of hydrogen-bond donors (Lipinski definition) is 2. The van der Waals surface area contributed by atoms with E-state index in [0.29, 0.717) is 28.8 Å².